The molecule has 5 nitrogen and oxygen atoms in total. The lowest BCUT2D eigenvalue weighted by Crippen LogP contribution is -2.27. The van der Waals surface area contributed by atoms with Crippen molar-refractivity contribution in [2.75, 3.05) is 19.9 Å². The van der Waals surface area contributed by atoms with E-state index in [4.69, 9.17) is 4.74 Å². The smallest absolute Gasteiger partial charge is 0.270 e. The minimum Gasteiger partial charge on any atom is -0.497 e. The molecule has 1 heterocycles. The van der Waals surface area contributed by atoms with Crippen LogP contribution in [0.15, 0.2) is 35.5 Å². The number of methoxy groups -OCH3 is 1. The Hall–Kier alpha value is -2.08. The van der Waals surface area contributed by atoms with E-state index in [0.29, 0.717) is 17.4 Å². The summed E-state index contributed by atoms with van der Waals surface area (Å²) in [5.74, 6) is 0.656. The zero-order valence-corrected chi connectivity index (χ0v) is 13.7. The van der Waals surface area contributed by atoms with Crippen LogP contribution < -0.4 is 10.1 Å². The fourth-order valence-corrected chi connectivity index (χ4v) is 2.38. The van der Waals surface area contributed by atoms with Crippen LogP contribution in [0.25, 0.3) is 0 Å². The number of aromatic nitrogens is 2. The Morgan fingerprint density at radius 1 is 1.27 bits per heavy atom. The van der Waals surface area contributed by atoms with E-state index in [1.54, 1.807) is 13.2 Å². The fourth-order valence-electron chi connectivity index (χ4n) is 1.95. The number of carbonyl (C=O) groups excluding carboxylic acids is 1. The summed E-state index contributed by atoms with van der Waals surface area (Å²) in [5, 5.41) is 3.50. The van der Waals surface area contributed by atoms with Crippen molar-refractivity contribution in [1.82, 2.24) is 15.3 Å². The molecule has 0 aliphatic rings. The first-order valence-electron chi connectivity index (χ1n) is 6.93. The van der Waals surface area contributed by atoms with E-state index in [2.05, 4.69) is 15.3 Å². The van der Waals surface area contributed by atoms with Crippen LogP contribution in [0.1, 0.15) is 21.7 Å². The van der Waals surface area contributed by atoms with Crippen LogP contribution in [0, 0.1) is 6.92 Å². The van der Waals surface area contributed by atoms with Crippen molar-refractivity contribution in [2.24, 2.45) is 0 Å². The van der Waals surface area contributed by atoms with Crippen LogP contribution in [0.3, 0.4) is 0 Å². The summed E-state index contributed by atoms with van der Waals surface area (Å²) in [6.45, 7) is 2.42. The van der Waals surface area contributed by atoms with Crippen molar-refractivity contribution in [2.45, 2.75) is 18.5 Å². The minimum atomic E-state index is -0.172. The highest BCUT2D eigenvalue weighted by Gasteiger charge is 2.09. The fraction of sp³-hybridized carbons (Fsp3) is 0.312. The monoisotopic (exact) mass is 317 g/mol. The highest BCUT2D eigenvalue weighted by atomic mass is 32.2. The van der Waals surface area contributed by atoms with Gasteiger partial charge in [-0.15, -0.1) is 0 Å². The summed E-state index contributed by atoms with van der Waals surface area (Å²) in [6.07, 6.45) is 2.65. The normalized spacial score (nSPS) is 10.3. The Labute approximate surface area is 134 Å². The lowest BCUT2D eigenvalue weighted by atomic mass is 10.1. The third-order valence-corrected chi connectivity index (χ3v) is 3.65. The first-order valence-corrected chi connectivity index (χ1v) is 8.15. The lowest BCUT2D eigenvalue weighted by Gasteiger charge is -2.07. The lowest BCUT2D eigenvalue weighted by molar-refractivity contribution is 0.0948. The highest BCUT2D eigenvalue weighted by molar-refractivity contribution is 7.98. The zero-order valence-electron chi connectivity index (χ0n) is 12.9. The molecule has 0 spiro atoms. The maximum Gasteiger partial charge on any atom is 0.270 e. The molecule has 0 radical (unpaired) electrons. The predicted octanol–water partition coefficient (Wildman–Crippen LogP) is 2.49. The number of nitrogens with one attached hydrogen (secondary N) is 1. The van der Waals surface area contributed by atoms with Gasteiger partial charge in [0.25, 0.3) is 5.91 Å². The number of carbonyl (C=O) groups is 1. The topological polar surface area (TPSA) is 64.1 Å². The Kier molecular flexibility index (Phi) is 5.77. The summed E-state index contributed by atoms with van der Waals surface area (Å²) < 4.78 is 5.12. The highest BCUT2D eigenvalue weighted by Crippen LogP contribution is 2.12. The van der Waals surface area contributed by atoms with Crippen LogP contribution in [-0.2, 0) is 6.42 Å². The van der Waals surface area contributed by atoms with Gasteiger partial charge in [0.1, 0.15) is 11.4 Å². The molecule has 0 bridgehead atoms. The molecule has 1 aromatic carbocycles. The number of aryl methyl sites for hydroxylation is 1. The summed E-state index contributed by atoms with van der Waals surface area (Å²) >= 11 is 1.42. The molecular weight excluding hydrogens is 298 g/mol. The van der Waals surface area contributed by atoms with Gasteiger partial charge in [-0.1, -0.05) is 23.9 Å². The molecule has 1 aromatic heterocycles. The molecule has 1 N–H and O–H groups in total. The molecule has 22 heavy (non-hydrogen) atoms. The Morgan fingerprint density at radius 3 is 2.64 bits per heavy atom. The van der Waals surface area contributed by atoms with Gasteiger partial charge >= 0.3 is 0 Å². The maximum atomic E-state index is 12.1. The van der Waals surface area contributed by atoms with Crippen molar-refractivity contribution in [3.05, 3.63) is 47.3 Å². The first kappa shape index (κ1) is 16.3. The number of hydrogen-bond acceptors (Lipinski definition) is 5. The third kappa shape index (κ3) is 4.46. The minimum absolute atomic E-state index is 0.172. The van der Waals surface area contributed by atoms with Crippen molar-refractivity contribution in [3.63, 3.8) is 0 Å². The van der Waals surface area contributed by atoms with E-state index >= 15 is 0 Å². The maximum absolute atomic E-state index is 12.1. The van der Waals surface area contributed by atoms with Crippen molar-refractivity contribution >= 4 is 17.7 Å². The molecular formula is C16H19N3O2S. The van der Waals surface area contributed by atoms with E-state index in [9.17, 15) is 4.79 Å². The first-order chi connectivity index (χ1) is 10.6. The quantitative estimate of drug-likeness (QED) is 0.655. The Balaban J connectivity index is 1.90. The van der Waals surface area contributed by atoms with Crippen molar-refractivity contribution < 1.29 is 9.53 Å². The molecule has 0 aliphatic heterocycles. The summed E-state index contributed by atoms with van der Waals surface area (Å²) in [4.78, 5) is 20.6. The van der Waals surface area contributed by atoms with Crippen molar-refractivity contribution in [3.8, 4) is 5.75 Å². The van der Waals surface area contributed by atoms with Gasteiger partial charge in [-0.2, -0.15) is 0 Å². The summed E-state index contributed by atoms with van der Waals surface area (Å²) in [7, 11) is 1.64. The molecule has 116 valence electrons. The van der Waals surface area contributed by atoms with Gasteiger partial charge in [0.15, 0.2) is 5.16 Å². The summed E-state index contributed by atoms with van der Waals surface area (Å²) in [6, 6.07) is 9.51. The third-order valence-electron chi connectivity index (χ3n) is 3.11. The molecule has 0 aliphatic carbocycles. The number of benzene rings is 1. The average molecular weight is 317 g/mol. The molecule has 0 saturated carbocycles. The Morgan fingerprint density at radius 2 is 2.00 bits per heavy atom. The molecule has 0 atom stereocenters. The number of nitrogens with zero attached hydrogens (tertiary/aromatic N) is 2. The average Bonchev–Trinajstić information content (AvgIpc) is 2.54. The van der Waals surface area contributed by atoms with Crippen LogP contribution in [0.2, 0.25) is 0 Å². The predicted molar refractivity (Wildman–Crippen MR) is 87.6 cm³/mol. The van der Waals surface area contributed by atoms with Gasteiger partial charge in [0, 0.05) is 12.2 Å². The standard InChI is InChI=1S/C16H19N3O2S/c1-11-10-14(19-16(18-11)22-3)15(20)17-9-8-12-4-6-13(21-2)7-5-12/h4-7,10H,8-9H2,1-3H3,(H,17,20). The van der Waals surface area contributed by atoms with Gasteiger partial charge in [-0.3, -0.25) is 4.79 Å². The molecule has 6 heteroatoms. The number of rotatable bonds is 6. The second-order valence-corrected chi connectivity index (χ2v) is 5.51. The number of amides is 1. The molecule has 0 unspecified atom stereocenters. The van der Waals surface area contributed by atoms with Gasteiger partial charge in [-0.25, -0.2) is 9.97 Å². The number of thioether (sulfide) groups is 1. The second-order valence-electron chi connectivity index (χ2n) is 4.74. The number of hydrogen-bond donors (Lipinski definition) is 1. The van der Waals surface area contributed by atoms with E-state index in [1.807, 2.05) is 37.4 Å². The van der Waals surface area contributed by atoms with E-state index in [1.165, 1.54) is 11.8 Å². The summed E-state index contributed by atoms with van der Waals surface area (Å²) in [5.41, 5.74) is 2.34. The van der Waals surface area contributed by atoms with Crippen LogP contribution in [0.4, 0.5) is 0 Å². The van der Waals surface area contributed by atoms with Crippen LogP contribution in [0.5, 0.6) is 5.75 Å². The van der Waals surface area contributed by atoms with E-state index in [0.717, 1.165) is 23.4 Å². The molecule has 2 aromatic rings. The SMILES string of the molecule is COc1ccc(CCNC(=O)c2cc(C)nc(SC)n2)cc1. The van der Waals surface area contributed by atoms with Crippen LogP contribution in [-0.4, -0.2) is 35.8 Å². The number of ether oxygens (including phenoxy) is 1. The molecule has 1 amide bonds. The van der Waals surface area contributed by atoms with Crippen LogP contribution >= 0.6 is 11.8 Å². The molecule has 0 saturated heterocycles. The van der Waals surface area contributed by atoms with Gasteiger partial charge < -0.3 is 10.1 Å². The van der Waals surface area contributed by atoms with Gasteiger partial charge in [0.05, 0.1) is 7.11 Å². The van der Waals surface area contributed by atoms with Gasteiger partial charge in [-0.05, 0) is 43.4 Å². The van der Waals surface area contributed by atoms with Crippen molar-refractivity contribution in [1.29, 1.82) is 0 Å². The van der Waals surface area contributed by atoms with E-state index in [-0.39, 0.29) is 5.91 Å². The van der Waals surface area contributed by atoms with E-state index < -0.39 is 0 Å². The van der Waals surface area contributed by atoms with Gasteiger partial charge in [0.2, 0.25) is 0 Å². The second kappa shape index (κ2) is 7.79. The molecule has 0 fully saturated rings. The zero-order chi connectivity index (χ0) is 15.9. The molecule has 2 rings (SSSR count). The largest absolute Gasteiger partial charge is 0.497 e. The Bertz CT molecular complexity index is 644.